The number of aryl methyl sites for hydroxylation is 1. The van der Waals surface area contributed by atoms with Gasteiger partial charge in [-0.05, 0) is 51.8 Å². The molecule has 0 N–H and O–H groups in total. The molecule has 1 aromatic heterocycles. The van der Waals surface area contributed by atoms with E-state index in [1.54, 1.807) is 0 Å². The third kappa shape index (κ3) is 4.28. The molecule has 134 valence electrons. The normalized spacial score (nSPS) is 21.3. The molecule has 0 radical (unpaired) electrons. The Morgan fingerprint density at radius 1 is 1.20 bits per heavy atom. The van der Waals surface area contributed by atoms with Crippen molar-refractivity contribution in [3.63, 3.8) is 0 Å². The Balaban J connectivity index is 1.24. The number of hydrogen-bond acceptors (Lipinski definition) is 5. The Hall–Kier alpha value is -1.72. The van der Waals surface area contributed by atoms with E-state index in [4.69, 9.17) is 4.52 Å². The van der Waals surface area contributed by atoms with Crippen LogP contribution < -0.4 is 0 Å². The first-order valence-electron chi connectivity index (χ1n) is 9.48. The summed E-state index contributed by atoms with van der Waals surface area (Å²) < 4.78 is 5.37. The zero-order valence-corrected chi connectivity index (χ0v) is 15.3. The molecular weight excluding hydrogens is 312 g/mol. The number of rotatable bonds is 7. The molecule has 5 heteroatoms. The number of likely N-dealkylation sites (N-methyl/N-ethyl adjacent to an activating group) is 1. The van der Waals surface area contributed by atoms with E-state index in [0.29, 0.717) is 12.0 Å². The molecule has 5 nitrogen and oxygen atoms in total. The van der Waals surface area contributed by atoms with Crippen LogP contribution in [0.3, 0.4) is 0 Å². The average molecular weight is 340 g/mol. The maximum atomic E-state index is 5.37. The minimum absolute atomic E-state index is 0.537. The molecular formula is C20H28N4O. The SMILES string of the molecule is Cc1ccc(CCN2CC[C@H](N(C)Cc3noc(C4CC4)n3)C2)cc1. The molecule has 1 aliphatic heterocycles. The number of nitrogens with zero attached hydrogens (tertiary/aromatic N) is 4. The summed E-state index contributed by atoms with van der Waals surface area (Å²) in [6.07, 6.45) is 4.76. The van der Waals surface area contributed by atoms with E-state index in [1.165, 1.54) is 36.9 Å². The second-order valence-corrected chi connectivity index (χ2v) is 7.72. The zero-order valence-electron chi connectivity index (χ0n) is 15.3. The summed E-state index contributed by atoms with van der Waals surface area (Å²) in [6.45, 7) is 6.38. The molecule has 4 rings (SSSR count). The Kier molecular flexibility index (Phi) is 4.86. The van der Waals surface area contributed by atoms with Crippen LogP contribution in [0.5, 0.6) is 0 Å². The largest absolute Gasteiger partial charge is 0.339 e. The number of aromatic nitrogens is 2. The monoisotopic (exact) mass is 340 g/mol. The van der Waals surface area contributed by atoms with Gasteiger partial charge in [-0.2, -0.15) is 4.98 Å². The van der Waals surface area contributed by atoms with Gasteiger partial charge >= 0.3 is 0 Å². The van der Waals surface area contributed by atoms with E-state index in [-0.39, 0.29) is 0 Å². The van der Waals surface area contributed by atoms with Gasteiger partial charge in [0.2, 0.25) is 5.89 Å². The van der Waals surface area contributed by atoms with Crippen LogP contribution in [0, 0.1) is 6.92 Å². The minimum Gasteiger partial charge on any atom is -0.339 e. The number of likely N-dealkylation sites (tertiary alicyclic amines) is 1. The van der Waals surface area contributed by atoms with Crippen LogP contribution in [0.15, 0.2) is 28.8 Å². The highest BCUT2D eigenvalue weighted by Crippen LogP contribution is 2.38. The van der Waals surface area contributed by atoms with E-state index in [9.17, 15) is 0 Å². The summed E-state index contributed by atoms with van der Waals surface area (Å²) in [6, 6.07) is 9.50. The predicted molar refractivity (Wildman–Crippen MR) is 97.5 cm³/mol. The highest BCUT2D eigenvalue weighted by atomic mass is 16.5. The lowest BCUT2D eigenvalue weighted by molar-refractivity contribution is 0.218. The predicted octanol–water partition coefficient (Wildman–Crippen LogP) is 3.00. The van der Waals surface area contributed by atoms with Crippen molar-refractivity contribution in [1.82, 2.24) is 19.9 Å². The summed E-state index contributed by atoms with van der Waals surface area (Å²) in [5.41, 5.74) is 2.76. The van der Waals surface area contributed by atoms with Gasteiger partial charge in [0.1, 0.15) is 0 Å². The highest BCUT2D eigenvalue weighted by molar-refractivity contribution is 5.21. The molecule has 25 heavy (non-hydrogen) atoms. The third-order valence-electron chi connectivity index (χ3n) is 5.51. The summed E-state index contributed by atoms with van der Waals surface area (Å²) in [5.74, 6) is 2.22. The molecule has 0 unspecified atom stereocenters. The van der Waals surface area contributed by atoms with E-state index in [2.05, 4.69) is 58.2 Å². The molecule has 2 heterocycles. The van der Waals surface area contributed by atoms with Crippen molar-refractivity contribution >= 4 is 0 Å². The Labute approximate surface area is 150 Å². The van der Waals surface area contributed by atoms with Crippen molar-refractivity contribution in [1.29, 1.82) is 0 Å². The molecule has 2 fully saturated rings. The van der Waals surface area contributed by atoms with Crippen LogP contribution in [-0.4, -0.2) is 52.7 Å². The lowest BCUT2D eigenvalue weighted by atomic mass is 10.1. The molecule has 1 saturated heterocycles. The number of benzene rings is 1. The minimum atomic E-state index is 0.537. The Bertz CT molecular complexity index is 692. The van der Waals surface area contributed by atoms with Crippen molar-refractivity contribution in [2.45, 2.75) is 51.1 Å². The van der Waals surface area contributed by atoms with Gasteiger partial charge in [-0.3, -0.25) is 4.90 Å². The molecule has 0 spiro atoms. The van der Waals surface area contributed by atoms with Gasteiger partial charge in [0.15, 0.2) is 5.82 Å². The summed E-state index contributed by atoms with van der Waals surface area (Å²) in [5, 5.41) is 4.15. The van der Waals surface area contributed by atoms with E-state index in [0.717, 1.165) is 37.8 Å². The maximum absolute atomic E-state index is 5.37. The van der Waals surface area contributed by atoms with Crippen LogP contribution in [0.2, 0.25) is 0 Å². The lowest BCUT2D eigenvalue weighted by Gasteiger charge is -2.23. The third-order valence-corrected chi connectivity index (χ3v) is 5.51. The number of hydrogen-bond donors (Lipinski definition) is 0. The molecule has 1 aromatic carbocycles. The van der Waals surface area contributed by atoms with Gasteiger partial charge in [-0.1, -0.05) is 35.0 Å². The molecule has 1 aliphatic carbocycles. The van der Waals surface area contributed by atoms with Crippen molar-refractivity contribution < 1.29 is 4.52 Å². The molecule has 2 aromatic rings. The zero-order chi connectivity index (χ0) is 17.2. The first-order chi connectivity index (χ1) is 12.2. The van der Waals surface area contributed by atoms with E-state index < -0.39 is 0 Å². The van der Waals surface area contributed by atoms with Crippen molar-refractivity contribution in [3.05, 3.63) is 47.1 Å². The average Bonchev–Trinajstić information content (AvgIpc) is 3.17. The fourth-order valence-electron chi connectivity index (χ4n) is 3.60. The molecule has 0 amide bonds. The van der Waals surface area contributed by atoms with Gasteiger partial charge in [0, 0.05) is 25.0 Å². The van der Waals surface area contributed by atoms with Gasteiger partial charge in [-0.25, -0.2) is 0 Å². The second kappa shape index (κ2) is 7.26. The quantitative estimate of drug-likeness (QED) is 0.775. The summed E-state index contributed by atoms with van der Waals surface area (Å²) >= 11 is 0. The van der Waals surface area contributed by atoms with Crippen molar-refractivity contribution in [3.8, 4) is 0 Å². The topological polar surface area (TPSA) is 45.4 Å². The molecule has 1 atom stereocenters. The van der Waals surface area contributed by atoms with Crippen LogP contribution in [-0.2, 0) is 13.0 Å². The van der Waals surface area contributed by atoms with Gasteiger partial charge in [0.05, 0.1) is 6.54 Å². The smallest absolute Gasteiger partial charge is 0.229 e. The molecule has 2 aliphatic rings. The Morgan fingerprint density at radius 3 is 2.76 bits per heavy atom. The van der Waals surface area contributed by atoms with Crippen LogP contribution in [0.1, 0.15) is 48.0 Å². The first-order valence-corrected chi connectivity index (χ1v) is 9.48. The molecule has 1 saturated carbocycles. The fraction of sp³-hybridized carbons (Fsp3) is 0.600. The van der Waals surface area contributed by atoms with Gasteiger partial charge in [-0.15, -0.1) is 0 Å². The first kappa shape index (κ1) is 16.7. The van der Waals surface area contributed by atoms with E-state index >= 15 is 0 Å². The van der Waals surface area contributed by atoms with Crippen LogP contribution in [0.4, 0.5) is 0 Å². The lowest BCUT2D eigenvalue weighted by Crippen LogP contribution is -2.34. The fourth-order valence-corrected chi connectivity index (χ4v) is 3.60. The molecule has 0 bridgehead atoms. The van der Waals surface area contributed by atoms with E-state index in [1.807, 2.05) is 0 Å². The second-order valence-electron chi connectivity index (χ2n) is 7.72. The summed E-state index contributed by atoms with van der Waals surface area (Å²) in [4.78, 5) is 9.51. The van der Waals surface area contributed by atoms with Gasteiger partial charge in [0.25, 0.3) is 0 Å². The standard InChI is InChI=1S/C20H28N4O/c1-15-3-5-16(6-4-15)9-11-24-12-10-18(13-24)23(2)14-19-21-20(25-22-19)17-7-8-17/h3-6,17-18H,7-14H2,1-2H3/t18-/m0/s1. The summed E-state index contributed by atoms with van der Waals surface area (Å²) in [7, 11) is 2.18. The van der Waals surface area contributed by atoms with Crippen LogP contribution >= 0.6 is 0 Å². The highest BCUT2D eigenvalue weighted by Gasteiger charge is 2.30. The Morgan fingerprint density at radius 2 is 2.00 bits per heavy atom. The van der Waals surface area contributed by atoms with Crippen molar-refractivity contribution in [2.24, 2.45) is 0 Å². The maximum Gasteiger partial charge on any atom is 0.229 e. The van der Waals surface area contributed by atoms with Crippen molar-refractivity contribution in [2.75, 3.05) is 26.7 Å². The van der Waals surface area contributed by atoms with Crippen LogP contribution in [0.25, 0.3) is 0 Å². The van der Waals surface area contributed by atoms with Gasteiger partial charge < -0.3 is 9.42 Å².